The lowest BCUT2D eigenvalue weighted by atomic mass is 10.3. The van der Waals surface area contributed by atoms with E-state index in [-0.39, 0.29) is 31.6 Å². The molecule has 0 saturated heterocycles. The molecule has 0 atom stereocenters. The zero-order valence-corrected chi connectivity index (χ0v) is 12.7. The second-order valence-corrected chi connectivity index (χ2v) is 6.42. The number of nitrogen functional groups attached to an aromatic ring is 1. The predicted molar refractivity (Wildman–Crippen MR) is 78.7 cm³/mol. The number of sulfonamides is 1. The van der Waals surface area contributed by atoms with Crippen LogP contribution in [0, 0.1) is 0 Å². The average Bonchev–Trinajstić information content (AvgIpc) is 2.37. The molecule has 0 aliphatic carbocycles. The first-order valence-corrected chi connectivity index (χ1v) is 7.67. The molecule has 0 spiro atoms. The molecule has 0 amide bonds. The summed E-state index contributed by atoms with van der Waals surface area (Å²) in [5.74, 6) is -0.148. The van der Waals surface area contributed by atoms with Gasteiger partial charge in [-0.25, -0.2) is 18.4 Å². The molecule has 0 saturated carbocycles. The van der Waals surface area contributed by atoms with Gasteiger partial charge in [0.2, 0.25) is 0 Å². The number of halogens is 3. The van der Waals surface area contributed by atoms with Gasteiger partial charge in [0.15, 0.2) is 11.0 Å². The highest BCUT2D eigenvalue weighted by atomic mass is 35.5. The van der Waals surface area contributed by atoms with Crippen LogP contribution in [-0.2, 0) is 10.0 Å². The van der Waals surface area contributed by atoms with Gasteiger partial charge in [0, 0.05) is 5.69 Å². The summed E-state index contributed by atoms with van der Waals surface area (Å²) in [6, 6.07) is 4.08. The van der Waals surface area contributed by atoms with Crippen LogP contribution in [0.15, 0.2) is 29.4 Å². The summed E-state index contributed by atoms with van der Waals surface area (Å²) in [6.45, 7) is 0. The molecule has 0 bridgehead atoms. The van der Waals surface area contributed by atoms with Crippen LogP contribution in [-0.4, -0.2) is 18.4 Å². The third-order valence-corrected chi connectivity index (χ3v) is 4.78. The van der Waals surface area contributed by atoms with Crippen molar-refractivity contribution in [3.8, 4) is 0 Å². The molecule has 1 heterocycles. The van der Waals surface area contributed by atoms with Gasteiger partial charge in [-0.1, -0.05) is 34.8 Å². The van der Waals surface area contributed by atoms with Gasteiger partial charge in [-0.2, -0.15) is 0 Å². The molecule has 3 N–H and O–H groups in total. The van der Waals surface area contributed by atoms with Crippen LogP contribution >= 0.6 is 34.8 Å². The zero-order chi connectivity index (χ0) is 14.9. The van der Waals surface area contributed by atoms with Crippen LogP contribution in [0.5, 0.6) is 0 Å². The van der Waals surface area contributed by atoms with Gasteiger partial charge in [0.25, 0.3) is 10.0 Å². The maximum Gasteiger partial charge on any atom is 0.264 e. The summed E-state index contributed by atoms with van der Waals surface area (Å²) >= 11 is 17.3. The highest BCUT2D eigenvalue weighted by Crippen LogP contribution is 2.29. The number of nitrogens with one attached hydrogen (secondary N) is 1. The van der Waals surface area contributed by atoms with E-state index in [1.807, 2.05) is 0 Å². The number of rotatable bonds is 3. The fourth-order valence-electron chi connectivity index (χ4n) is 1.33. The van der Waals surface area contributed by atoms with Crippen LogP contribution in [0.3, 0.4) is 0 Å². The quantitative estimate of drug-likeness (QED) is 0.653. The summed E-state index contributed by atoms with van der Waals surface area (Å²) in [4.78, 5) is 7.14. The summed E-state index contributed by atoms with van der Waals surface area (Å²) in [5.41, 5.74) is 5.80. The fraction of sp³-hybridized carbons (Fsp3) is 0. The van der Waals surface area contributed by atoms with Crippen molar-refractivity contribution in [2.24, 2.45) is 0 Å². The van der Waals surface area contributed by atoms with Crippen LogP contribution in [0.2, 0.25) is 15.2 Å². The molecule has 10 heteroatoms. The molecule has 0 unspecified atom stereocenters. The van der Waals surface area contributed by atoms with Crippen molar-refractivity contribution in [1.29, 1.82) is 0 Å². The predicted octanol–water partition coefficient (Wildman–Crippen LogP) is 2.82. The third-order valence-electron chi connectivity index (χ3n) is 2.22. The van der Waals surface area contributed by atoms with Gasteiger partial charge in [-0.3, -0.25) is 4.72 Å². The molecule has 0 aliphatic rings. The van der Waals surface area contributed by atoms with E-state index in [0.29, 0.717) is 0 Å². The molecule has 1 aromatic carbocycles. The highest BCUT2D eigenvalue weighted by Gasteiger charge is 2.21. The van der Waals surface area contributed by atoms with E-state index in [1.165, 1.54) is 18.2 Å². The maximum atomic E-state index is 12.2. The smallest absolute Gasteiger partial charge is 0.264 e. The van der Waals surface area contributed by atoms with Gasteiger partial charge >= 0.3 is 0 Å². The Balaban J connectivity index is 2.46. The number of aromatic nitrogens is 2. The monoisotopic (exact) mass is 352 g/mol. The van der Waals surface area contributed by atoms with E-state index in [4.69, 9.17) is 40.5 Å². The first-order chi connectivity index (χ1) is 9.31. The Bertz CT molecular complexity index is 767. The lowest BCUT2D eigenvalue weighted by Gasteiger charge is -2.10. The average molecular weight is 354 g/mol. The largest absolute Gasteiger partial charge is 0.399 e. The molecule has 2 aromatic rings. The maximum absolute atomic E-state index is 12.2. The number of benzene rings is 1. The van der Waals surface area contributed by atoms with Crippen LogP contribution in [0.4, 0.5) is 11.5 Å². The first-order valence-electron chi connectivity index (χ1n) is 5.05. The minimum Gasteiger partial charge on any atom is -0.399 e. The van der Waals surface area contributed by atoms with E-state index in [9.17, 15) is 8.42 Å². The van der Waals surface area contributed by atoms with E-state index in [0.717, 1.165) is 6.33 Å². The Morgan fingerprint density at radius 1 is 1.15 bits per heavy atom. The Morgan fingerprint density at radius 2 is 1.85 bits per heavy atom. The van der Waals surface area contributed by atoms with Crippen LogP contribution < -0.4 is 10.5 Å². The molecule has 0 aliphatic heterocycles. The lowest BCUT2D eigenvalue weighted by Crippen LogP contribution is -2.15. The lowest BCUT2D eigenvalue weighted by molar-refractivity contribution is 0.601. The molecule has 6 nitrogen and oxygen atoms in total. The van der Waals surface area contributed by atoms with Crippen molar-refractivity contribution in [2.45, 2.75) is 4.90 Å². The highest BCUT2D eigenvalue weighted by molar-refractivity contribution is 7.92. The van der Waals surface area contributed by atoms with Crippen molar-refractivity contribution in [2.75, 3.05) is 10.5 Å². The van der Waals surface area contributed by atoms with Gasteiger partial charge in [-0.15, -0.1) is 0 Å². The Morgan fingerprint density at radius 3 is 2.55 bits per heavy atom. The molecular weight excluding hydrogens is 347 g/mol. The Hall–Kier alpha value is -1.28. The third kappa shape index (κ3) is 3.06. The van der Waals surface area contributed by atoms with Crippen LogP contribution in [0.1, 0.15) is 0 Å². The molecule has 2 rings (SSSR count). The molecule has 0 radical (unpaired) electrons. The number of nitrogens with two attached hydrogens (primary N) is 1. The molecule has 0 fully saturated rings. The second-order valence-electron chi connectivity index (χ2n) is 3.62. The van der Waals surface area contributed by atoms with Crippen molar-refractivity contribution in [3.63, 3.8) is 0 Å². The minimum absolute atomic E-state index is 0.0166. The molecular formula is C10H7Cl3N4O2S. The SMILES string of the molecule is Nc1ccc(Cl)c(S(=O)(=O)Nc2ncnc(Cl)c2Cl)c1. The summed E-state index contributed by atoms with van der Waals surface area (Å²) in [5, 5.41) is -0.168. The Kier molecular flexibility index (Phi) is 4.24. The summed E-state index contributed by atoms with van der Waals surface area (Å²) in [7, 11) is -4.00. The van der Waals surface area contributed by atoms with Gasteiger partial charge in [0.05, 0.1) is 5.02 Å². The summed E-state index contributed by atoms with van der Waals surface area (Å²) < 4.78 is 26.6. The molecule has 20 heavy (non-hydrogen) atoms. The van der Waals surface area contributed by atoms with E-state index in [1.54, 1.807) is 0 Å². The summed E-state index contributed by atoms with van der Waals surface area (Å²) in [6.07, 6.45) is 1.08. The van der Waals surface area contributed by atoms with Crippen LogP contribution in [0.25, 0.3) is 0 Å². The van der Waals surface area contributed by atoms with Crippen molar-refractivity contribution in [1.82, 2.24) is 9.97 Å². The Labute approximate surface area is 129 Å². The fourth-order valence-corrected chi connectivity index (χ4v) is 3.22. The number of anilines is 2. The molecule has 106 valence electrons. The topological polar surface area (TPSA) is 98.0 Å². The number of nitrogens with zero attached hydrogens (tertiary/aromatic N) is 2. The first kappa shape index (κ1) is 15.1. The zero-order valence-electron chi connectivity index (χ0n) is 9.64. The van der Waals surface area contributed by atoms with Gasteiger partial charge < -0.3 is 5.73 Å². The van der Waals surface area contributed by atoms with Crippen molar-refractivity contribution in [3.05, 3.63) is 39.7 Å². The second kappa shape index (κ2) is 5.61. The standard InChI is InChI=1S/C10H7Cl3N4O2S/c11-6-2-1-5(14)3-7(6)20(18,19)17-10-8(12)9(13)15-4-16-10/h1-4H,14H2,(H,15,16,17). The number of hydrogen-bond acceptors (Lipinski definition) is 5. The minimum atomic E-state index is -4.00. The van der Waals surface area contributed by atoms with E-state index in [2.05, 4.69) is 14.7 Å². The normalized spacial score (nSPS) is 11.3. The van der Waals surface area contributed by atoms with Gasteiger partial charge in [-0.05, 0) is 18.2 Å². The van der Waals surface area contributed by atoms with Gasteiger partial charge in [0.1, 0.15) is 16.2 Å². The molecule has 1 aromatic heterocycles. The van der Waals surface area contributed by atoms with Crippen molar-refractivity contribution >= 4 is 56.3 Å². The number of hydrogen-bond donors (Lipinski definition) is 2. The van der Waals surface area contributed by atoms with E-state index >= 15 is 0 Å². The van der Waals surface area contributed by atoms with Crippen molar-refractivity contribution < 1.29 is 8.42 Å². The van der Waals surface area contributed by atoms with E-state index < -0.39 is 10.0 Å².